The van der Waals surface area contributed by atoms with Crippen LogP contribution in [-0.2, 0) is 9.53 Å². The quantitative estimate of drug-likeness (QED) is 0.551. The number of halogens is 1. The molecule has 0 aliphatic heterocycles. The SMILES string of the molecule is CN(C)c1cccc(C(=O)OCC(=O)Nc2nc(-c3cccc(Br)c3)cs2)c1. The Morgan fingerprint density at radius 3 is 2.71 bits per heavy atom. The molecule has 2 aromatic carbocycles. The summed E-state index contributed by atoms with van der Waals surface area (Å²) in [7, 11) is 3.77. The molecule has 1 N–H and O–H groups in total. The van der Waals surface area contributed by atoms with E-state index in [1.165, 1.54) is 11.3 Å². The molecule has 0 bridgehead atoms. The van der Waals surface area contributed by atoms with Crippen LogP contribution in [0.5, 0.6) is 0 Å². The highest BCUT2D eigenvalue weighted by atomic mass is 79.9. The molecule has 1 amide bonds. The first kappa shape index (κ1) is 20.0. The van der Waals surface area contributed by atoms with Crippen LogP contribution in [0.25, 0.3) is 11.3 Å². The van der Waals surface area contributed by atoms with Crippen LogP contribution in [0, 0.1) is 0 Å². The van der Waals surface area contributed by atoms with E-state index >= 15 is 0 Å². The Bertz CT molecular complexity index is 1000. The van der Waals surface area contributed by atoms with Crippen LogP contribution in [-0.4, -0.2) is 37.6 Å². The zero-order valence-electron chi connectivity index (χ0n) is 15.3. The fourth-order valence-corrected chi connectivity index (χ4v) is 3.53. The number of hydrogen-bond donors (Lipinski definition) is 1. The van der Waals surface area contributed by atoms with Crippen molar-refractivity contribution in [1.29, 1.82) is 0 Å². The van der Waals surface area contributed by atoms with E-state index in [1.54, 1.807) is 18.2 Å². The molecule has 1 aromatic heterocycles. The van der Waals surface area contributed by atoms with Gasteiger partial charge in [-0.3, -0.25) is 10.1 Å². The predicted octanol–water partition coefficient (Wildman–Crippen LogP) is 4.43. The number of thiazole rings is 1. The van der Waals surface area contributed by atoms with Gasteiger partial charge in [-0.15, -0.1) is 11.3 Å². The fourth-order valence-electron chi connectivity index (χ4n) is 2.39. The van der Waals surface area contributed by atoms with Crippen LogP contribution in [0.15, 0.2) is 58.4 Å². The molecule has 0 aliphatic rings. The molecule has 0 saturated heterocycles. The second kappa shape index (κ2) is 8.99. The second-order valence-electron chi connectivity index (χ2n) is 6.12. The van der Waals surface area contributed by atoms with Gasteiger partial charge in [-0.25, -0.2) is 9.78 Å². The Labute approximate surface area is 175 Å². The van der Waals surface area contributed by atoms with Crippen molar-refractivity contribution in [1.82, 2.24) is 4.98 Å². The molecule has 0 aliphatic carbocycles. The lowest BCUT2D eigenvalue weighted by Gasteiger charge is -2.13. The largest absolute Gasteiger partial charge is 0.452 e. The van der Waals surface area contributed by atoms with Gasteiger partial charge in [0.15, 0.2) is 11.7 Å². The molecule has 6 nitrogen and oxygen atoms in total. The van der Waals surface area contributed by atoms with Crippen molar-refractivity contribution in [3.63, 3.8) is 0 Å². The highest BCUT2D eigenvalue weighted by Crippen LogP contribution is 2.26. The van der Waals surface area contributed by atoms with Crippen LogP contribution in [0.1, 0.15) is 10.4 Å². The topological polar surface area (TPSA) is 71.5 Å². The summed E-state index contributed by atoms with van der Waals surface area (Å²) in [5.41, 5.74) is 2.98. The molecule has 0 saturated carbocycles. The lowest BCUT2D eigenvalue weighted by molar-refractivity contribution is -0.119. The summed E-state index contributed by atoms with van der Waals surface area (Å²) in [4.78, 5) is 30.5. The third-order valence-corrected chi connectivity index (χ3v) is 5.05. The number of hydrogen-bond acceptors (Lipinski definition) is 6. The third-order valence-electron chi connectivity index (χ3n) is 3.80. The molecule has 0 spiro atoms. The number of rotatable bonds is 6. The summed E-state index contributed by atoms with van der Waals surface area (Å²) in [6.07, 6.45) is 0. The number of nitrogens with zero attached hydrogens (tertiary/aromatic N) is 2. The summed E-state index contributed by atoms with van der Waals surface area (Å²) in [5, 5.41) is 4.96. The van der Waals surface area contributed by atoms with E-state index in [2.05, 4.69) is 26.2 Å². The first-order valence-corrected chi connectivity index (χ1v) is 10.1. The van der Waals surface area contributed by atoms with Crippen molar-refractivity contribution < 1.29 is 14.3 Å². The standard InChI is InChI=1S/C20H18BrN3O3S/c1-24(2)16-8-4-6-14(10-16)19(26)27-11-18(25)23-20-22-17(12-28-20)13-5-3-7-15(21)9-13/h3-10,12H,11H2,1-2H3,(H,22,23,25). The minimum Gasteiger partial charge on any atom is -0.452 e. The van der Waals surface area contributed by atoms with Crippen LogP contribution >= 0.6 is 27.3 Å². The number of nitrogens with one attached hydrogen (secondary N) is 1. The minimum atomic E-state index is -0.548. The zero-order chi connectivity index (χ0) is 20.1. The van der Waals surface area contributed by atoms with Gasteiger partial charge in [-0.1, -0.05) is 34.1 Å². The van der Waals surface area contributed by atoms with Crippen LogP contribution in [0.3, 0.4) is 0 Å². The third kappa shape index (κ3) is 5.17. The van der Waals surface area contributed by atoms with Gasteiger partial charge in [-0.05, 0) is 30.3 Å². The molecule has 28 heavy (non-hydrogen) atoms. The maximum Gasteiger partial charge on any atom is 0.338 e. The van der Waals surface area contributed by atoms with E-state index in [-0.39, 0.29) is 6.61 Å². The summed E-state index contributed by atoms with van der Waals surface area (Å²) >= 11 is 4.74. The molecule has 8 heteroatoms. The van der Waals surface area contributed by atoms with Gasteiger partial charge < -0.3 is 9.64 Å². The molecule has 1 heterocycles. The number of ether oxygens (including phenoxy) is 1. The van der Waals surface area contributed by atoms with Gasteiger partial charge in [0.1, 0.15) is 0 Å². The zero-order valence-corrected chi connectivity index (χ0v) is 17.7. The normalized spacial score (nSPS) is 10.4. The monoisotopic (exact) mass is 459 g/mol. The molecule has 0 atom stereocenters. The fraction of sp³-hybridized carbons (Fsp3) is 0.150. The minimum absolute atomic E-state index is 0.378. The van der Waals surface area contributed by atoms with E-state index in [9.17, 15) is 9.59 Å². The smallest absolute Gasteiger partial charge is 0.338 e. The number of aromatic nitrogens is 1. The lowest BCUT2D eigenvalue weighted by Crippen LogP contribution is -2.21. The van der Waals surface area contributed by atoms with Crippen molar-refractivity contribution in [2.24, 2.45) is 0 Å². The summed E-state index contributed by atoms with van der Waals surface area (Å²) in [5.74, 6) is -0.986. The highest BCUT2D eigenvalue weighted by molar-refractivity contribution is 9.10. The van der Waals surface area contributed by atoms with Crippen molar-refractivity contribution in [2.45, 2.75) is 0 Å². The summed E-state index contributed by atoms with van der Waals surface area (Å²) in [6, 6.07) is 14.8. The van der Waals surface area contributed by atoms with E-state index < -0.39 is 11.9 Å². The summed E-state index contributed by atoms with van der Waals surface area (Å²) in [6.45, 7) is -0.378. The lowest BCUT2D eigenvalue weighted by atomic mass is 10.2. The highest BCUT2D eigenvalue weighted by Gasteiger charge is 2.13. The second-order valence-corrected chi connectivity index (χ2v) is 7.89. The average Bonchev–Trinajstić information content (AvgIpc) is 3.14. The van der Waals surface area contributed by atoms with Crippen LogP contribution < -0.4 is 10.2 Å². The number of esters is 1. The number of benzene rings is 2. The van der Waals surface area contributed by atoms with Crippen molar-refractivity contribution in [3.05, 3.63) is 63.9 Å². The molecule has 3 aromatic rings. The first-order valence-electron chi connectivity index (χ1n) is 8.38. The van der Waals surface area contributed by atoms with Crippen molar-refractivity contribution in [3.8, 4) is 11.3 Å². The molecule has 0 radical (unpaired) electrons. The van der Waals surface area contributed by atoms with Gasteiger partial charge in [-0.2, -0.15) is 0 Å². The Hall–Kier alpha value is -2.71. The Morgan fingerprint density at radius 1 is 1.18 bits per heavy atom. The van der Waals surface area contributed by atoms with Crippen LogP contribution in [0.2, 0.25) is 0 Å². The molecule has 0 unspecified atom stereocenters. The van der Waals surface area contributed by atoms with Crippen LogP contribution in [0.4, 0.5) is 10.8 Å². The maximum atomic E-state index is 12.2. The summed E-state index contributed by atoms with van der Waals surface area (Å²) < 4.78 is 6.06. The Balaban J connectivity index is 1.56. The number of anilines is 2. The van der Waals surface area contributed by atoms with Gasteiger partial charge in [0.05, 0.1) is 11.3 Å². The van der Waals surface area contributed by atoms with E-state index in [0.717, 1.165) is 21.4 Å². The maximum absolute atomic E-state index is 12.2. The van der Waals surface area contributed by atoms with Crippen molar-refractivity contribution in [2.75, 3.05) is 30.9 Å². The number of carbonyl (C=O) groups is 2. The average molecular weight is 460 g/mol. The van der Waals surface area contributed by atoms with Gasteiger partial charge in [0.25, 0.3) is 5.91 Å². The van der Waals surface area contributed by atoms with Crippen molar-refractivity contribution >= 4 is 50.0 Å². The van der Waals surface area contributed by atoms with Gasteiger partial charge in [0, 0.05) is 35.2 Å². The number of amides is 1. The molecular weight excluding hydrogens is 442 g/mol. The van der Waals surface area contributed by atoms with E-state index in [1.807, 2.05) is 54.7 Å². The molecule has 3 rings (SSSR count). The molecular formula is C20H18BrN3O3S. The van der Waals surface area contributed by atoms with E-state index in [4.69, 9.17) is 4.74 Å². The van der Waals surface area contributed by atoms with E-state index in [0.29, 0.717) is 10.7 Å². The number of carbonyl (C=O) groups excluding carboxylic acids is 2. The van der Waals surface area contributed by atoms with Gasteiger partial charge in [0.2, 0.25) is 0 Å². The Morgan fingerprint density at radius 2 is 1.96 bits per heavy atom. The first-order chi connectivity index (χ1) is 13.4. The predicted molar refractivity (Wildman–Crippen MR) is 115 cm³/mol. The molecule has 144 valence electrons. The Kier molecular flexibility index (Phi) is 6.43. The van der Waals surface area contributed by atoms with Gasteiger partial charge >= 0.3 is 5.97 Å². The molecule has 0 fully saturated rings.